The first kappa shape index (κ1) is 13.5. The molecule has 2 heterocycles. The van der Waals surface area contributed by atoms with Gasteiger partial charge in [0.2, 0.25) is 5.91 Å². The van der Waals surface area contributed by atoms with E-state index in [0.717, 1.165) is 0 Å². The quantitative estimate of drug-likeness (QED) is 0.765. The van der Waals surface area contributed by atoms with Crippen molar-refractivity contribution in [3.05, 3.63) is 0 Å². The van der Waals surface area contributed by atoms with Crippen LogP contribution in [0.2, 0.25) is 0 Å². The maximum Gasteiger partial charge on any atom is 0.306 e. The Kier molecular flexibility index (Phi) is 3.55. The number of carbonyl (C=O) groups is 3. The molecule has 7 nitrogen and oxygen atoms in total. The average Bonchev–Trinajstić information content (AvgIpc) is 2.30. The second-order valence-corrected chi connectivity index (χ2v) is 5.06. The molecule has 1 saturated heterocycles. The minimum Gasteiger partial charge on any atom is -0.481 e. The van der Waals surface area contributed by atoms with Gasteiger partial charge in [-0.05, 0) is 0 Å². The van der Waals surface area contributed by atoms with E-state index >= 15 is 0 Å². The Hall–Kier alpha value is -1.92. The van der Waals surface area contributed by atoms with Crippen LogP contribution in [0.15, 0.2) is 5.10 Å². The van der Waals surface area contributed by atoms with Crippen molar-refractivity contribution in [2.45, 2.75) is 19.8 Å². The fourth-order valence-electron chi connectivity index (χ4n) is 2.20. The van der Waals surface area contributed by atoms with Gasteiger partial charge < -0.3 is 10.0 Å². The van der Waals surface area contributed by atoms with Crippen LogP contribution in [0.25, 0.3) is 0 Å². The molecule has 104 valence electrons. The van der Waals surface area contributed by atoms with E-state index in [4.69, 9.17) is 5.11 Å². The number of carboxylic acid groups (broad SMARTS) is 1. The zero-order chi connectivity index (χ0) is 14.2. The van der Waals surface area contributed by atoms with Crippen LogP contribution in [0.4, 0.5) is 0 Å². The number of hydrazone groups is 1. The highest BCUT2D eigenvalue weighted by Crippen LogP contribution is 2.25. The number of rotatable bonds is 3. The third-order valence-electron chi connectivity index (χ3n) is 3.75. The lowest BCUT2D eigenvalue weighted by Crippen LogP contribution is -2.55. The smallest absolute Gasteiger partial charge is 0.306 e. The standard InChI is InChI=1S/C12H17N3O4/c1-7(12(18)19)8-5-15(6-8)11(17)9-3-4-10(16)14(2)13-9/h7-8H,3-6H2,1-2H3,(H,18,19). The number of carboxylic acids is 1. The lowest BCUT2D eigenvalue weighted by molar-refractivity contribution is -0.148. The molecule has 2 aliphatic heterocycles. The SMILES string of the molecule is CC(C(=O)O)C1CN(C(=O)C2=NN(C)C(=O)CC2)C1. The molecule has 0 bridgehead atoms. The molecule has 0 aromatic heterocycles. The summed E-state index contributed by atoms with van der Waals surface area (Å²) in [5.74, 6) is -1.56. The summed E-state index contributed by atoms with van der Waals surface area (Å²) in [5.41, 5.74) is 0.378. The van der Waals surface area contributed by atoms with E-state index in [1.54, 1.807) is 11.8 Å². The Morgan fingerprint density at radius 2 is 2.00 bits per heavy atom. The molecule has 0 aliphatic carbocycles. The van der Waals surface area contributed by atoms with Gasteiger partial charge in [-0.15, -0.1) is 0 Å². The molecule has 1 unspecified atom stereocenters. The van der Waals surface area contributed by atoms with Gasteiger partial charge in [0.25, 0.3) is 5.91 Å². The summed E-state index contributed by atoms with van der Waals surface area (Å²) in [7, 11) is 1.53. The van der Waals surface area contributed by atoms with Gasteiger partial charge in [0.05, 0.1) is 5.92 Å². The Balaban J connectivity index is 1.92. The molecule has 0 radical (unpaired) electrons. The van der Waals surface area contributed by atoms with Gasteiger partial charge in [0.1, 0.15) is 5.71 Å². The third kappa shape index (κ3) is 2.59. The topological polar surface area (TPSA) is 90.3 Å². The molecule has 0 aromatic rings. The first-order valence-electron chi connectivity index (χ1n) is 6.26. The highest BCUT2D eigenvalue weighted by atomic mass is 16.4. The van der Waals surface area contributed by atoms with E-state index in [0.29, 0.717) is 31.6 Å². The van der Waals surface area contributed by atoms with Crippen LogP contribution in [0.3, 0.4) is 0 Å². The molecular formula is C12H17N3O4. The average molecular weight is 267 g/mol. The zero-order valence-electron chi connectivity index (χ0n) is 11.0. The van der Waals surface area contributed by atoms with Crippen molar-refractivity contribution in [1.29, 1.82) is 0 Å². The summed E-state index contributed by atoms with van der Waals surface area (Å²) >= 11 is 0. The van der Waals surface area contributed by atoms with Crippen LogP contribution in [0.5, 0.6) is 0 Å². The van der Waals surface area contributed by atoms with E-state index in [1.807, 2.05) is 0 Å². The van der Waals surface area contributed by atoms with Crippen molar-refractivity contribution in [3.8, 4) is 0 Å². The molecule has 0 saturated carbocycles. The van der Waals surface area contributed by atoms with Crippen molar-refractivity contribution in [3.63, 3.8) is 0 Å². The van der Waals surface area contributed by atoms with Crippen molar-refractivity contribution < 1.29 is 19.5 Å². The lowest BCUT2D eigenvalue weighted by atomic mass is 9.86. The highest BCUT2D eigenvalue weighted by molar-refractivity contribution is 6.39. The Labute approximate surface area is 110 Å². The molecule has 2 rings (SSSR count). The Bertz CT molecular complexity index is 454. The van der Waals surface area contributed by atoms with Crippen molar-refractivity contribution >= 4 is 23.5 Å². The van der Waals surface area contributed by atoms with Crippen molar-refractivity contribution in [2.24, 2.45) is 16.9 Å². The first-order chi connectivity index (χ1) is 8.90. The fourth-order valence-corrected chi connectivity index (χ4v) is 2.20. The lowest BCUT2D eigenvalue weighted by Gasteiger charge is -2.41. The van der Waals surface area contributed by atoms with E-state index in [1.165, 1.54) is 12.1 Å². The molecule has 19 heavy (non-hydrogen) atoms. The van der Waals surface area contributed by atoms with Gasteiger partial charge in [-0.3, -0.25) is 14.4 Å². The predicted octanol–water partition coefficient (Wildman–Crippen LogP) is -0.226. The van der Waals surface area contributed by atoms with E-state index < -0.39 is 11.9 Å². The number of carbonyl (C=O) groups excluding carboxylic acids is 2. The predicted molar refractivity (Wildman–Crippen MR) is 66.3 cm³/mol. The maximum absolute atomic E-state index is 12.1. The Morgan fingerprint density at radius 3 is 2.53 bits per heavy atom. The normalized spacial score (nSPS) is 21.8. The van der Waals surface area contributed by atoms with Crippen LogP contribution in [0.1, 0.15) is 19.8 Å². The number of likely N-dealkylation sites (tertiary alicyclic amines) is 1. The van der Waals surface area contributed by atoms with Gasteiger partial charge in [-0.2, -0.15) is 5.10 Å². The minimum absolute atomic E-state index is 0.00463. The van der Waals surface area contributed by atoms with Crippen LogP contribution in [0, 0.1) is 11.8 Å². The number of hydrogen-bond acceptors (Lipinski definition) is 4. The first-order valence-corrected chi connectivity index (χ1v) is 6.26. The summed E-state index contributed by atoms with van der Waals surface area (Å²) in [6.45, 7) is 2.55. The fraction of sp³-hybridized carbons (Fsp3) is 0.667. The Morgan fingerprint density at radius 1 is 1.37 bits per heavy atom. The monoisotopic (exact) mass is 267 g/mol. The molecule has 7 heteroatoms. The van der Waals surface area contributed by atoms with Crippen LogP contribution in [-0.2, 0) is 14.4 Å². The second-order valence-electron chi connectivity index (χ2n) is 5.06. The second kappa shape index (κ2) is 4.99. The van der Waals surface area contributed by atoms with Crippen LogP contribution < -0.4 is 0 Å². The van der Waals surface area contributed by atoms with E-state index in [9.17, 15) is 14.4 Å². The number of aliphatic carboxylic acids is 1. The molecule has 1 N–H and O–H groups in total. The summed E-state index contributed by atoms with van der Waals surface area (Å²) in [4.78, 5) is 35.8. The molecular weight excluding hydrogens is 250 g/mol. The molecule has 2 aliphatic rings. The highest BCUT2D eigenvalue weighted by Gasteiger charge is 2.39. The third-order valence-corrected chi connectivity index (χ3v) is 3.75. The number of amides is 2. The summed E-state index contributed by atoms with van der Waals surface area (Å²) in [6.07, 6.45) is 0.654. The van der Waals surface area contributed by atoms with Gasteiger partial charge >= 0.3 is 5.97 Å². The number of hydrogen-bond donors (Lipinski definition) is 1. The molecule has 2 amide bonds. The van der Waals surface area contributed by atoms with Crippen molar-refractivity contribution in [1.82, 2.24) is 9.91 Å². The summed E-state index contributed by atoms with van der Waals surface area (Å²) in [6, 6.07) is 0. The van der Waals surface area contributed by atoms with E-state index in [2.05, 4.69) is 5.10 Å². The van der Waals surface area contributed by atoms with Gasteiger partial charge in [0.15, 0.2) is 0 Å². The zero-order valence-corrected chi connectivity index (χ0v) is 11.0. The van der Waals surface area contributed by atoms with Gasteiger partial charge in [-0.25, -0.2) is 5.01 Å². The summed E-state index contributed by atoms with van der Waals surface area (Å²) < 4.78 is 0. The molecule has 0 aromatic carbocycles. The minimum atomic E-state index is -0.836. The molecule has 1 fully saturated rings. The largest absolute Gasteiger partial charge is 0.481 e. The maximum atomic E-state index is 12.1. The van der Waals surface area contributed by atoms with Gasteiger partial charge in [-0.1, -0.05) is 6.92 Å². The van der Waals surface area contributed by atoms with E-state index in [-0.39, 0.29) is 17.7 Å². The van der Waals surface area contributed by atoms with Crippen LogP contribution in [-0.4, -0.2) is 58.6 Å². The molecule has 0 spiro atoms. The van der Waals surface area contributed by atoms with Crippen LogP contribution >= 0.6 is 0 Å². The number of nitrogens with zero attached hydrogens (tertiary/aromatic N) is 3. The summed E-state index contributed by atoms with van der Waals surface area (Å²) in [5, 5.41) is 14.0. The van der Waals surface area contributed by atoms with Crippen molar-refractivity contribution in [2.75, 3.05) is 20.1 Å². The van der Waals surface area contributed by atoms with Gasteiger partial charge in [0, 0.05) is 38.9 Å². The molecule has 1 atom stereocenters.